The van der Waals surface area contributed by atoms with Crippen LogP contribution < -0.4 is 5.32 Å². The lowest BCUT2D eigenvalue weighted by Crippen LogP contribution is -2.53. The SMILES string of the molecule is CCC1CC(NCC(F)F)CN(C(CC)C2CC2)C1. The third-order valence-corrected chi connectivity index (χ3v) is 4.76. The predicted molar refractivity (Wildman–Crippen MR) is 74.6 cm³/mol. The summed E-state index contributed by atoms with van der Waals surface area (Å²) < 4.78 is 24.7. The third kappa shape index (κ3) is 4.38. The fourth-order valence-electron chi connectivity index (χ4n) is 3.58. The highest BCUT2D eigenvalue weighted by Crippen LogP contribution is 2.38. The van der Waals surface area contributed by atoms with Gasteiger partial charge in [-0.05, 0) is 37.5 Å². The highest BCUT2D eigenvalue weighted by molar-refractivity contribution is 4.92. The van der Waals surface area contributed by atoms with E-state index in [9.17, 15) is 8.78 Å². The van der Waals surface area contributed by atoms with Crippen molar-refractivity contribution in [1.82, 2.24) is 10.2 Å². The van der Waals surface area contributed by atoms with Gasteiger partial charge in [-0.3, -0.25) is 4.90 Å². The lowest BCUT2D eigenvalue weighted by atomic mass is 9.90. The number of likely N-dealkylation sites (tertiary alicyclic amines) is 1. The molecule has 3 unspecified atom stereocenters. The average Bonchev–Trinajstić information content (AvgIpc) is 3.21. The quantitative estimate of drug-likeness (QED) is 0.767. The minimum absolute atomic E-state index is 0.158. The molecule has 0 aromatic rings. The zero-order valence-electron chi connectivity index (χ0n) is 12.2. The van der Waals surface area contributed by atoms with E-state index in [0.717, 1.165) is 25.3 Å². The molecule has 1 N–H and O–H groups in total. The maximum Gasteiger partial charge on any atom is 0.250 e. The molecule has 0 radical (unpaired) electrons. The van der Waals surface area contributed by atoms with E-state index in [4.69, 9.17) is 0 Å². The number of halogens is 2. The number of hydrogen-bond donors (Lipinski definition) is 1. The van der Waals surface area contributed by atoms with Crippen molar-refractivity contribution in [3.8, 4) is 0 Å². The molecule has 19 heavy (non-hydrogen) atoms. The maximum absolute atomic E-state index is 12.4. The van der Waals surface area contributed by atoms with Gasteiger partial charge >= 0.3 is 0 Å². The van der Waals surface area contributed by atoms with Crippen molar-refractivity contribution in [3.63, 3.8) is 0 Å². The van der Waals surface area contributed by atoms with Gasteiger partial charge in [-0.15, -0.1) is 0 Å². The molecule has 0 bridgehead atoms. The normalized spacial score (nSPS) is 30.8. The summed E-state index contributed by atoms with van der Waals surface area (Å²) in [6.07, 6.45) is 3.90. The van der Waals surface area contributed by atoms with Crippen LogP contribution in [0.3, 0.4) is 0 Å². The van der Waals surface area contributed by atoms with Gasteiger partial charge < -0.3 is 5.32 Å². The second-order valence-corrected chi connectivity index (χ2v) is 6.27. The first-order valence-electron chi connectivity index (χ1n) is 7.89. The van der Waals surface area contributed by atoms with Crippen LogP contribution in [0.25, 0.3) is 0 Å². The van der Waals surface area contributed by atoms with Crippen LogP contribution in [-0.4, -0.2) is 43.0 Å². The molecule has 0 aromatic carbocycles. The van der Waals surface area contributed by atoms with Gasteiger partial charge in [0.05, 0.1) is 6.54 Å². The fourth-order valence-corrected chi connectivity index (χ4v) is 3.58. The summed E-state index contributed by atoms with van der Waals surface area (Å²) in [6, 6.07) is 0.936. The van der Waals surface area contributed by atoms with Crippen LogP contribution in [0.1, 0.15) is 46.0 Å². The van der Waals surface area contributed by atoms with Crippen molar-refractivity contribution in [2.24, 2.45) is 11.8 Å². The molecule has 0 amide bonds. The minimum Gasteiger partial charge on any atom is -0.307 e. The average molecular weight is 274 g/mol. The Morgan fingerprint density at radius 2 is 1.95 bits per heavy atom. The van der Waals surface area contributed by atoms with E-state index in [-0.39, 0.29) is 12.6 Å². The molecule has 1 aliphatic heterocycles. The van der Waals surface area contributed by atoms with Crippen molar-refractivity contribution in [3.05, 3.63) is 0 Å². The molecule has 0 aromatic heterocycles. The highest BCUT2D eigenvalue weighted by Gasteiger charge is 2.37. The number of piperidine rings is 1. The first-order chi connectivity index (χ1) is 9.13. The summed E-state index contributed by atoms with van der Waals surface area (Å²) in [5.74, 6) is 1.54. The van der Waals surface area contributed by atoms with Crippen LogP contribution in [-0.2, 0) is 0 Å². The topological polar surface area (TPSA) is 15.3 Å². The molecule has 1 aliphatic carbocycles. The van der Waals surface area contributed by atoms with E-state index in [1.54, 1.807) is 0 Å². The van der Waals surface area contributed by atoms with Gasteiger partial charge in [0.25, 0.3) is 6.43 Å². The molecule has 2 nitrogen and oxygen atoms in total. The van der Waals surface area contributed by atoms with Crippen LogP contribution in [0, 0.1) is 11.8 Å². The van der Waals surface area contributed by atoms with Crippen LogP contribution in [0.2, 0.25) is 0 Å². The highest BCUT2D eigenvalue weighted by atomic mass is 19.3. The zero-order valence-corrected chi connectivity index (χ0v) is 12.2. The van der Waals surface area contributed by atoms with Crippen molar-refractivity contribution < 1.29 is 8.78 Å². The molecule has 112 valence electrons. The lowest BCUT2D eigenvalue weighted by molar-refractivity contribution is 0.0719. The molecular formula is C15H28F2N2. The van der Waals surface area contributed by atoms with Gasteiger partial charge in [0.2, 0.25) is 0 Å². The summed E-state index contributed by atoms with van der Waals surface area (Å²) in [4.78, 5) is 2.58. The molecular weight excluding hydrogens is 246 g/mol. The minimum atomic E-state index is -2.24. The van der Waals surface area contributed by atoms with Crippen LogP contribution >= 0.6 is 0 Å². The second kappa shape index (κ2) is 6.98. The Morgan fingerprint density at radius 3 is 2.47 bits per heavy atom. The van der Waals surface area contributed by atoms with Gasteiger partial charge in [0.1, 0.15) is 0 Å². The monoisotopic (exact) mass is 274 g/mol. The van der Waals surface area contributed by atoms with Gasteiger partial charge in [0.15, 0.2) is 0 Å². The van der Waals surface area contributed by atoms with Crippen molar-refractivity contribution in [2.75, 3.05) is 19.6 Å². The van der Waals surface area contributed by atoms with Crippen molar-refractivity contribution in [1.29, 1.82) is 0 Å². The summed E-state index contributed by atoms with van der Waals surface area (Å²) in [7, 11) is 0. The first kappa shape index (κ1) is 15.2. The van der Waals surface area contributed by atoms with E-state index in [1.165, 1.54) is 25.8 Å². The van der Waals surface area contributed by atoms with Crippen LogP contribution in [0.15, 0.2) is 0 Å². The number of rotatable bonds is 7. The molecule has 2 rings (SSSR count). The Bertz CT molecular complexity index is 269. The standard InChI is InChI=1S/C15H28F2N2/c1-3-11-7-13(18-8-15(16)17)10-19(9-11)14(4-2)12-5-6-12/h11-15,18H,3-10H2,1-2H3. The molecule has 3 atom stereocenters. The summed E-state index contributed by atoms with van der Waals surface area (Å²) in [6.45, 7) is 6.45. The van der Waals surface area contributed by atoms with Crippen LogP contribution in [0.4, 0.5) is 8.78 Å². The number of nitrogens with zero attached hydrogens (tertiary/aromatic N) is 1. The van der Waals surface area contributed by atoms with Gasteiger partial charge in [-0.1, -0.05) is 20.3 Å². The lowest BCUT2D eigenvalue weighted by Gasteiger charge is -2.42. The van der Waals surface area contributed by atoms with Gasteiger partial charge in [-0.2, -0.15) is 0 Å². The molecule has 4 heteroatoms. The molecule has 1 saturated heterocycles. The van der Waals surface area contributed by atoms with Gasteiger partial charge in [0, 0.05) is 25.2 Å². The third-order valence-electron chi connectivity index (χ3n) is 4.76. The summed E-state index contributed by atoms with van der Waals surface area (Å²) in [5.41, 5.74) is 0. The molecule has 0 spiro atoms. The molecule has 2 fully saturated rings. The Labute approximate surface area is 115 Å². The van der Waals surface area contributed by atoms with Crippen LogP contribution in [0.5, 0.6) is 0 Å². The largest absolute Gasteiger partial charge is 0.307 e. The Balaban J connectivity index is 1.90. The maximum atomic E-state index is 12.4. The van der Waals surface area contributed by atoms with E-state index in [1.807, 2.05) is 0 Å². The predicted octanol–water partition coefficient (Wildman–Crippen LogP) is 3.13. The number of hydrogen-bond acceptors (Lipinski definition) is 2. The fraction of sp³-hybridized carbons (Fsp3) is 1.00. The zero-order chi connectivity index (χ0) is 13.8. The first-order valence-corrected chi connectivity index (χ1v) is 7.89. The summed E-state index contributed by atoms with van der Waals surface area (Å²) in [5, 5.41) is 3.06. The van der Waals surface area contributed by atoms with E-state index < -0.39 is 6.43 Å². The number of nitrogens with one attached hydrogen (secondary N) is 1. The van der Waals surface area contributed by atoms with Crippen molar-refractivity contribution >= 4 is 0 Å². The van der Waals surface area contributed by atoms with E-state index >= 15 is 0 Å². The Kier molecular flexibility index (Phi) is 5.58. The Morgan fingerprint density at radius 1 is 1.21 bits per heavy atom. The smallest absolute Gasteiger partial charge is 0.250 e. The molecule has 2 aliphatic rings. The summed E-state index contributed by atoms with van der Waals surface area (Å²) >= 11 is 0. The molecule has 1 saturated carbocycles. The van der Waals surface area contributed by atoms with Crippen molar-refractivity contribution in [2.45, 2.75) is 64.5 Å². The number of alkyl halides is 2. The van der Waals surface area contributed by atoms with E-state index in [0.29, 0.717) is 12.0 Å². The second-order valence-electron chi connectivity index (χ2n) is 6.27. The molecule has 1 heterocycles. The van der Waals surface area contributed by atoms with E-state index in [2.05, 4.69) is 24.1 Å². The Hall–Kier alpha value is -0.220. The van der Waals surface area contributed by atoms with Gasteiger partial charge in [-0.25, -0.2) is 8.78 Å².